The van der Waals surface area contributed by atoms with E-state index < -0.39 is 0 Å². The molecule has 1 N–H and O–H groups in total. The van der Waals surface area contributed by atoms with Crippen LogP contribution in [0.15, 0.2) is 54.6 Å². The molecule has 1 aliphatic rings. The van der Waals surface area contributed by atoms with Crippen molar-refractivity contribution in [3.05, 3.63) is 75.8 Å². The van der Waals surface area contributed by atoms with Crippen LogP contribution < -0.4 is 5.32 Å². The number of morpholine rings is 1. The zero-order valence-electron chi connectivity index (χ0n) is 14.9. The fourth-order valence-electron chi connectivity index (χ4n) is 2.97. The third-order valence-electron chi connectivity index (χ3n) is 4.43. The Morgan fingerprint density at radius 3 is 2.56 bits per heavy atom. The van der Waals surface area contributed by atoms with Gasteiger partial charge in [0.15, 0.2) is 0 Å². The van der Waals surface area contributed by atoms with E-state index in [0.29, 0.717) is 10.0 Å². The summed E-state index contributed by atoms with van der Waals surface area (Å²) in [5.41, 5.74) is 1.91. The molecule has 1 heterocycles. The highest BCUT2D eigenvalue weighted by molar-refractivity contribution is 6.42. The molecule has 0 saturated carbocycles. The molecule has 142 valence electrons. The maximum absolute atomic E-state index is 12.5. The Bertz CT molecular complexity index is 790. The number of carbonyl (C=O) groups is 1. The largest absolute Gasteiger partial charge is 0.379 e. The maximum Gasteiger partial charge on any atom is 0.244 e. The van der Waals surface area contributed by atoms with Crippen LogP contribution in [0.3, 0.4) is 0 Å². The van der Waals surface area contributed by atoms with Crippen molar-refractivity contribution < 1.29 is 9.53 Å². The summed E-state index contributed by atoms with van der Waals surface area (Å²) in [5.74, 6) is -0.150. The number of hydrogen-bond donors (Lipinski definition) is 1. The minimum Gasteiger partial charge on any atom is -0.379 e. The van der Waals surface area contributed by atoms with Gasteiger partial charge in [-0.25, -0.2) is 0 Å². The Hall–Kier alpha value is -1.85. The number of ether oxygens (including phenoxy) is 1. The molecular formula is C21H22Cl2N2O2. The lowest BCUT2D eigenvalue weighted by Gasteiger charge is -2.31. The molecule has 1 saturated heterocycles. The molecule has 6 heteroatoms. The minimum absolute atomic E-state index is 0.0877. The molecule has 3 rings (SSSR count). The predicted molar refractivity (Wildman–Crippen MR) is 110 cm³/mol. The average molecular weight is 405 g/mol. The molecule has 2 aromatic rings. The SMILES string of the molecule is O=C(/C=C/c1ccc(Cl)c(Cl)c1)N[C@@H](CN1CCOCC1)c1ccccc1. The van der Waals surface area contributed by atoms with Crippen molar-refractivity contribution in [3.63, 3.8) is 0 Å². The Labute approximate surface area is 169 Å². The smallest absolute Gasteiger partial charge is 0.244 e. The number of rotatable bonds is 6. The standard InChI is InChI=1S/C21H22Cl2N2O2/c22-18-8-6-16(14-19(18)23)7-9-21(26)24-20(17-4-2-1-3-5-17)15-25-10-12-27-13-11-25/h1-9,14,20H,10-13,15H2,(H,24,26)/b9-7+/t20-/m0/s1. The third kappa shape index (κ3) is 6.08. The second-order valence-electron chi connectivity index (χ2n) is 6.39. The van der Waals surface area contributed by atoms with Crippen LogP contribution in [0, 0.1) is 0 Å². The van der Waals surface area contributed by atoms with E-state index in [2.05, 4.69) is 10.2 Å². The van der Waals surface area contributed by atoms with E-state index in [1.807, 2.05) is 36.4 Å². The van der Waals surface area contributed by atoms with Crippen molar-refractivity contribution >= 4 is 35.2 Å². The molecule has 1 amide bonds. The van der Waals surface area contributed by atoms with E-state index in [4.69, 9.17) is 27.9 Å². The number of carbonyl (C=O) groups excluding carboxylic acids is 1. The number of benzene rings is 2. The first-order valence-electron chi connectivity index (χ1n) is 8.90. The number of halogens is 2. The van der Waals surface area contributed by atoms with E-state index in [-0.39, 0.29) is 11.9 Å². The van der Waals surface area contributed by atoms with Crippen LogP contribution >= 0.6 is 23.2 Å². The third-order valence-corrected chi connectivity index (χ3v) is 5.17. The summed E-state index contributed by atoms with van der Waals surface area (Å²) < 4.78 is 5.41. The summed E-state index contributed by atoms with van der Waals surface area (Å²) in [7, 11) is 0. The Morgan fingerprint density at radius 2 is 1.85 bits per heavy atom. The van der Waals surface area contributed by atoms with Gasteiger partial charge in [-0.05, 0) is 29.3 Å². The van der Waals surface area contributed by atoms with Gasteiger partial charge in [0.1, 0.15) is 0 Å². The first-order valence-corrected chi connectivity index (χ1v) is 9.66. The molecule has 2 aromatic carbocycles. The Morgan fingerprint density at radius 1 is 1.11 bits per heavy atom. The quantitative estimate of drug-likeness (QED) is 0.733. The van der Waals surface area contributed by atoms with Crippen LogP contribution in [-0.4, -0.2) is 43.7 Å². The van der Waals surface area contributed by atoms with Gasteiger partial charge in [-0.3, -0.25) is 9.69 Å². The molecule has 0 radical (unpaired) electrons. The lowest BCUT2D eigenvalue weighted by molar-refractivity contribution is -0.117. The van der Waals surface area contributed by atoms with Crippen molar-refractivity contribution in [1.29, 1.82) is 0 Å². The highest BCUT2D eigenvalue weighted by Gasteiger charge is 2.19. The fourth-order valence-corrected chi connectivity index (χ4v) is 3.28. The normalized spacial score (nSPS) is 16.4. The lowest BCUT2D eigenvalue weighted by atomic mass is 10.1. The number of nitrogens with zero attached hydrogens (tertiary/aromatic N) is 1. The van der Waals surface area contributed by atoms with Crippen molar-refractivity contribution in [3.8, 4) is 0 Å². The van der Waals surface area contributed by atoms with Crippen LogP contribution in [-0.2, 0) is 9.53 Å². The number of amides is 1. The van der Waals surface area contributed by atoms with E-state index in [1.165, 1.54) is 6.08 Å². The number of nitrogens with one attached hydrogen (secondary N) is 1. The van der Waals surface area contributed by atoms with Gasteiger partial charge < -0.3 is 10.1 Å². The zero-order chi connectivity index (χ0) is 19.1. The van der Waals surface area contributed by atoms with Gasteiger partial charge in [-0.1, -0.05) is 59.6 Å². The van der Waals surface area contributed by atoms with Crippen LogP contribution in [0.4, 0.5) is 0 Å². The summed E-state index contributed by atoms with van der Waals surface area (Å²) in [6, 6.07) is 15.2. The molecule has 4 nitrogen and oxygen atoms in total. The zero-order valence-corrected chi connectivity index (χ0v) is 16.4. The summed E-state index contributed by atoms with van der Waals surface area (Å²) >= 11 is 11.9. The minimum atomic E-state index is -0.150. The predicted octanol–water partition coefficient (Wildman–Crippen LogP) is 4.20. The van der Waals surface area contributed by atoms with Gasteiger partial charge in [0.25, 0.3) is 0 Å². The van der Waals surface area contributed by atoms with Crippen LogP contribution in [0.5, 0.6) is 0 Å². The maximum atomic E-state index is 12.5. The Balaban J connectivity index is 1.67. The van der Waals surface area contributed by atoms with Crippen LogP contribution in [0.2, 0.25) is 10.0 Å². The molecule has 1 fully saturated rings. The molecule has 1 aliphatic heterocycles. The van der Waals surface area contributed by atoms with E-state index in [0.717, 1.165) is 44.0 Å². The first-order chi connectivity index (χ1) is 13.1. The molecule has 27 heavy (non-hydrogen) atoms. The topological polar surface area (TPSA) is 41.6 Å². The monoisotopic (exact) mass is 404 g/mol. The van der Waals surface area contributed by atoms with E-state index in [9.17, 15) is 4.79 Å². The van der Waals surface area contributed by atoms with Gasteiger partial charge in [-0.15, -0.1) is 0 Å². The second-order valence-corrected chi connectivity index (χ2v) is 7.21. The Kier molecular flexibility index (Phi) is 7.30. The van der Waals surface area contributed by atoms with Gasteiger partial charge in [0.05, 0.1) is 29.3 Å². The van der Waals surface area contributed by atoms with Crippen molar-refractivity contribution in [2.24, 2.45) is 0 Å². The van der Waals surface area contributed by atoms with Crippen molar-refractivity contribution in [1.82, 2.24) is 10.2 Å². The molecule has 0 aliphatic carbocycles. The van der Waals surface area contributed by atoms with E-state index in [1.54, 1.807) is 18.2 Å². The number of hydrogen-bond acceptors (Lipinski definition) is 3. The van der Waals surface area contributed by atoms with Gasteiger partial charge in [0.2, 0.25) is 5.91 Å². The highest BCUT2D eigenvalue weighted by atomic mass is 35.5. The summed E-state index contributed by atoms with van der Waals surface area (Å²) in [5, 5.41) is 4.07. The van der Waals surface area contributed by atoms with E-state index >= 15 is 0 Å². The van der Waals surface area contributed by atoms with Gasteiger partial charge >= 0.3 is 0 Å². The van der Waals surface area contributed by atoms with Gasteiger partial charge in [-0.2, -0.15) is 0 Å². The molecule has 0 aromatic heterocycles. The van der Waals surface area contributed by atoms with Crippen molar-refractivity contribution in [2.75, 3.05) is 32.8 Å². The average Bonchev–Trinajstić information content (AvgIpc) is 2.70. The fraction of sp³-hybridized carbons (Fsp3) is 0.286. The van der Waals surface area contributed by atoms with Crippen LogP contribution in [0.25, 0.3) is 6.08 Å². The van der Waals surface area contributed by atoms with Crippen LogP contribution in [0.1, 0.15) is 17.2 Å². The lowest BCUT2D eigenvalue weighted by Crippen LogP contribution is -2.42. The highest BCUT2D eigenvalue weighted by Crippen LogP contribution is 2.23. The molecular weight excluding hydrogens is 383 g/mol. The summed E-state index contributed by atoms with van der Waals surface area (Å²) in [4.78, 5) is 14.8. The van der Waals surface area contributed by atoms with Crippen molar-refractivity contribution in [2.45, 2.75) is 6.04 Å². The second kappa shape index (κ2) is 9.90. The first kappa shape index (κ1) is 19.9. The molecule has 0 unspecified atom stereocenters. The molecule has 0 bridgehead atoms. The van der Waals surface area contributed by atoms with Gasteiger partial charge in [0, 0.05) is 25.7 Å². The molecule has 1 atom stereocenters. The molecule has 0 spiro atoms. The summed E-state index contributed by atoms with van der Waals surface area (Å²) in [6.07, 6.45) is 3.25. The summed E-state index contributed by atoms with van der Waals surface area (Å²) in [6.45, 7) is 3.95.